The molecular formula is C21H16Cl2N2O. The van der Waals surface area contributed by atoms with E-state index in [1.54, 1.807) is 0 Å². The fraction of sp³-hybridized carbons (Fsp3) is 0.0952. The summed E-state index contributed by atoms with van der Waals surface area (Å²) < 4.78 is 6.04. The number of nitrogens with zero attached hydrogens (tertiary/aromatic N) is 1. The maximum absolute atomic E-state index is 6.20. The van der Waals surface area contributed by atoms with E-state index in [9.17, 15) is 0 Å². The first-order valence-electron chi connectivity index (χ1n) is 8.33. The molecule has 0 unspecified atom stereocenters. The number of hydrogen-bond donors (Lipinski definition) is 1. The van der Waals surface area contributed by atoms with Crippen molar-refractivity contribution in [1.82, 2.24) is 5.32 Å². The van der Waals surface area contributed by atoms with Gasteiger partial charge in [-0.05, 0) is 54.4 Å². The summed E-state index contributed by atoms with van der Waals surface area (Å²) in [4.78, 5) is 4.77. The molecule has 0 fully saturated rings. The van der Waals surface area contributed by atoms with Crippen molar-refractivity contribution in [3.8, 4) is 11.5 Å². The highest BCUT2D eigenvalue weighted by molar-refractivity contribution is 6.31. The Hall–Kier alpha value is -2.49. The molecule has 1 N–H and O–H groups in total. The van der Waals surface area contributed by atoms with Crippen LogP contribution in [-0.2, 0) is 6.42 Å². The van der Waals surface area contributed by atoms with Gasteiger partial charge in [-0.3, -0.25) is 0 Å². The molecule has 3 aromatic carbocycles. The van der Waals surface area contributed by atoms with E-state index in [1.165, 1.54) is 5.56 Å². The van der Waals surface area contributed by atoms with Crippen LogP contribution in [0.3, 0.4) is 0 Å². The minimum absolute atomic E-state index is 0.644. The zero-order valence-corrected chi connectivity index (χ0v) is 15.4. The zero-order chi connectivity index (χ0) is 17.9. The van der Waals surface area contributed by atoms with Gasteiger partial charge in [0.05, 0.1) is 5.56 Å². The van der Waals surface area contributed by atoms with E-state index in [0.717, 1.165) is 46.6 Å². The first-order valence-corrected chi connectivity index (χ1v) is 9.08. The summed E-state index contributed by atoms with van der Waals surface area (Å²) in [5.74, 6) is 2.21. The van der Waals surface area contributed by atoms with Crippen molar-refractivity contribution >= 4 is 34.7 Å². The van der Waals surface area contributed by atoms with Crippen molar-refractivity contribution in [2.75, 3.05) is 6.54 Å². The minimum atomic E-state index is 0.644. The maximum atomic E-state index is 6.20. The number of nitrogens with one attached hydrogen (secondary N) is 1. The number of aliphatic imine (C=N–C) groups is 1. The molecule has 0 aromatic heterocycles. The van der Waals surface area contributed by atoms with Crippen LogP contribution in [0.25, 0.3) is 0 Å². The average Bonchev–Trinajstić information content (AvgIpc) is 2.80. The Morgan fingerprint density at radius 2 is 1.62 bits per heavy atom. The summed E-state index contributed by atoms with van der Waals surface area (Å²) in [6.07, 6.45) is 0.856. The van der Waals surface area contributed by atoms with Crippen LogP contribution in [0.1, 0.15) is 11.1 Å². The Labute approximate surface area is 162 Å². The Morgan fingerprint density at radius 1 is 0.846 bits per heavy atom. The van der Waals surface area contributed by atoms with Gasteiger partial charge in [0.1, 0.15) is 17.3 Å². The lowest BCUT2D eigenvalue weighted by atomic mass is 10.1. The van der Waals surface area contributed by atoms with Crippen molar-refractivity contribution in [2.24, 2.45) is 4.99 Å². The molecule has 0 bridgehead atoms. The van der Waals surface area contributed by atoms with E-state index in [1.807, 2.05) is 66.7 Å². The third-order valence-corrected chi connectivity index (χ3v) is 4.62. The second kappa shape index (κ2) is 7.40. The highest BCUT2D eigenvalue weighted by atomic mass is 35.5. The molecule has 5 heteroatoms. The number of hydrogen-bond acceptors (Lipinski definition) is 3. The molecule has 3 aromatic rings. The fourth-order valence-corrected chi connectivity index (χ4v) is 3.12. The Bertz CT molecular complexity index is 968. The summed E-state index contributed by atoms with van der Waals surface area (Å²) in [6.45, 7) is 0.731. The van der Waals surface area contributed by atoms with Crippen LogP contribution in [0.5, 0.6) is 11.5 Å². The molecule has 0 amide bonds. The Balaban J connectivity index is 1.61. The standard InChI is InChI=1S/C21H16Cl2N2O/c22-15-7-5-14(6-8-15)11-12-24-21-17-13-16(23)9-10-19(17)26-20-4-2-1-3-18(20)25-21/h1-10,13H,11-12H2,(H,24,25). The first kappa shape index (κ1) is 17.0. The van der Waals surface area contributed by atoms with Crippen LogP contribution in [0.2, 0.25) is 10.0 Å². The van der Waals surface area contributed by atoms with Gasteiger partial charge in [-0.1, -0.05) is 47.5 Å². The van der Waals surface area contributed by atoms with Crippen LogP contribution in [0.15, 0.2) is 71.7 Å². The van der Waals surface area contributed by atoms with Gasteiger partial charge in [0.2, 0.25) is 0 Å². The van der Waals surface area contributed by atoms with Crippen molar-refractivity contribution in [3.63, 3.8) is 0 Å². The largest absolute Gasteiger partial charge is 0.454 e. The number of ether oxygens (including phenoxy) is 1. The lowest BCUT2D eigenvalue weighted by Gasteiger charge is -2.12. The van der Waals surface area contributed by atoms with E-state index in [0.29, 0.717) is 5.02 Å². The molecule has 0 radical (unpaired) electrons. The third-order valence-electron chi connectivity index (χ3n) is 4.13. The molecule has 3 nitrogen and oxygen atoms in total. The highest BCUT2D eigenvalue weighted by Crippen LogP contribution is 2.37. The second-order valence-electron chi connectivity index (χ2n) is 5.97. The van der Waals surface area contributed by atoms with Gasteiger partial charge < -0.3 is 10.1 Å². The van der Waals surface area contributed by atoms with E-state index < -0.39 is 0 Å². The van der Waals surface area contributed by atoms with Crippen molar-refractivity contribution < 1.29 is 4.74 Å². The minimum Gasteiger partial charge on any atom is -0.454 e. The normalized spacial score (nSPS) is 12.3. The molecule has 130 valence electrons. The molecule has 0 saturated carbocycles. The van der Waals surface area contributed by atoms with Gasteiger partial charge in [0.15, 0.2) is 5.75 Å². The summed E-state index contributed by atoms with van der Waals surface area (Å²) in [7, 11) is 0. The van der Waals surface area contributed by atoms with Crippen LogP contribution in [-0.4, -0.2) is 12.4 Å². The summed E-state index contributed by atoms with van der Waals surface area (Å²) in [5, 5.41) is 4.81. The topological polar surface area (TPSA) is 33.6 Å². The molecular weight excluding hydrogens is 367 g/mol. The lowest BCUT2D eigenvalue weighted by Crippen LogP contribution is -2.26. The molecule has 1 aliphatic rings. The first-order chi connectivity index (χ1) is 12.7. The zero-order valence-electron chi connectivity index (χ0n) is 13.9. The van der Waals surface area contributed by atoms with E-state index >= 15 is 0 Å². The van der Waals surface area contributed by atoms with Crippen molar-refractivity contribution in [3.05, 3.63) is 87.9 Å². The quantitative estimate of drug-likeness (QED) is 0.601. The number of halogens is 2. The number of benzene rings is 3. The number of para-hydroxylation sites is 2. The third kappa shape index (κ3) is 3.69. The molecule has 0 aliphatic carbocycles. The molecule has 0 spiro atoms. The molecule has 4 rings (SSSR count). The number of fused-ring (bicyclic) bond motifs is 2. The lowest BCUT2D eigenvalue weighted by molar-refractivity contribution is 0.484. The van der Waals surface area contributed by atoms with Crippen LogP contribution in [0.4, 0.5) is 5.69 Å². The molecule has 0 atom stereocenters. The van der Waals surface area contributed by atoms with Gasteiger partial charge in [0.25, 0.3) is 0 Å². The maximum Gasteiger partial charge on any atom is 0.153 e. The van der Waals surface area contributed by atoms with Gasteiger partial charge in [-0.25, -0.2) is 4.99 Å². The number of amidine groups is 1. The summed E-state index contributed by atoms with van der Waals surface area (Å²) >= 11 is 12.1. The Kier molecular flexibility index (Phi) is 4.83. The van der Waals surface area contributed by atoms with Crippen molar-refractivity contribution in [2.45, 2.75) is 6.42 Å². The molecule has 1 heterocycles. The van der Waals surface area contributed by atoms with Gasteiger partial charge in [-0.15, -0.1) is 0 Å². The van der Waals surface area contributed by atoms with Crippen molar-refractivity contribution in [1.29, 1.82) is 0 Å². The molecule has 0 saturated heterocycles. The monoisotopic (exact) mass is 382 g/mol. The predicted octanol–water partition coefficient (Wildman–Crippen LogP) is 6.01. The SMILES string of the molecule is Clc1ccc(CCNC2=Nc3ccccc3Oc3ccc(Cl)cc32)cc1. The van der Waals surface area contributed by atoms with Crippen LogP contribution >= 0.6 is 23.2 Å². The van der Waals surface area contributed by atoms with Gasteiger partial charge >= 0.3 is 0 Å². The highest BCUT2D eigenvalue weighted by Gasteiger charge is 2.18. The predicted molar refractivity (Wildman–Crippen MR) is 107 cm³/mol. The van der Waals surface area contributed by atoms with E-state index in [2.05, 4.69) is 5.32 Å². The van der Waals surface area contributed by atoms with Crippen LogP contribution in [0, 0.1) is 0 Å². The summed E-state index contributed by atoms with van der Waals surface area (Å²) in [5.41, 5.74) is 2.85. The van der Waals surface area contributed by atoms with E-state index in [-0.39, 0.29) is 0 Å². The molecule has 26 heavy (non-hydrogen) atoms. The Morgan fingerprint density at radius 3 is 2.46 bits per heavy atom. The van der Waals surface area contributed by atoms with Gasteiger partial charge in [-0.2, -0.15) is 0 Å². The second-order valence-corrected chi connectivity index (χ2v) is 6.85. The van der Waals surface area contributed by atoms with Gasteiger partial charge in [0, 0.05) is 16.6 Å². The van der Waals surface area contributed by atoms with Crippen LogP contribution < -0.4 is 10.1 Å². The molecule has 1 aliphatic heterocycles. The fourth-order valence-electron chi connectivity index (χ4n) is 2.82. The van der Waals surface area contributed by atoms with E-state index in [4.69, 9.17) is 32.9 Å². The summed E-state index contributed by atoms with van der Waals surface area (Å²) in [6, 6.07) is 21.1. The number of rotatable bonds is 3. The smallest absolute Gasteiger partial charge is 0.153 e. The average molecular weight is 383 g/mol.